The maximum atomic E-state index is 11.2. The Morgan fingerprint density at radius 1 is 1.56 bits per heavy atom. The second-order valence-corrected chi connectivity index (χ2v) is 5.28. The Morgan fingerprint density at radius 3 is 2.62 bits per heavy atom. The Bertz CT molecular complexity index is 390. The van der Waals surface area contributed by atoms with E-state index in [1.807, 2.05) is 13.3 Å². The Balaban J connectivity index is 3.18. The summed E-state index contributed by atoms with van der Waals surface area (Å²) in [6.45, 7) is 3.05. The zero-order chi connectivity index (χ0) is 12.3. The van der Waals surface area contributed by atoms with Crippen LogP contribution in [0.25, 0.3) is 0 Å². The van der Waals surface area contributed by atoms with Crippen molar-refractivity contribution in [2.24, 2.45) is 5.73 Å². The molecular weight excluding hydrogens is 242 g/mol. The third-order valence-electron chi connectivity index (χ3n) is 2.22. The molecule has 0 bridgehead atoms. The smallest absolute Gasteiger partial charge is 0.261 e. The van der Waals surface area contributed by atoms with Gasteiger partial charge in [0, 0.05) is 13.6 Å². The number of nitrogen functional groups attached to an aromatic ring is 1. The van der Waals surface area contributed by atoms with Crippen LogP contribution in [0.1, 0.15) is 23.0 Å². The van der Waals surface area contributed by atoms with Crippen LogP contribution in [-0.2, 0) is 0 Å². The summed E-state index contributed by atoms with van der Waals surface area (Å²) in [6, 6.07) is 0. The molecule has 0 aromatic carbocycles. The number of anilines is 2. The van der Waals surface area contributed by atoms with Gasteiger partial charge in [-0.05, 0) is 12.7 Å². The van der Waals surface area contributed by atoms with Crippen molar-refractivity contribution in [3.8, 4) is 0 Å². The Labute approximate surface area is 104 Å². The Morgan fingerprint density at radius 2 is 2.19 bits per heavy atom. The van der Waals surface area contributed by atoms with Gasteiger partial charge in [0.2, 0.25) is 0 Å². The molecule has 4 N–H and O–H groups in total. The number of nitrogens with two attached hydrogens (primary N) is 2. The first kappa shape index (κ1) is 13.2. The van der Waals surface area contributed by atoms with E-state index in [0.29, 0.717) is 10.6 Å². The molecule has 1 rings (SSSR count). The zero-order valence-corrected chi connectivity index (χ0v) is 11.4. The highest BCUT2D eigenvalue weighted by Gasteiger charge is 2.20. The van der Waals surface area contributed by atoms with Gasteiger partial charge in [-0.25, -0.2) is 0 Å². The minimum absolute atomic E-state index is 0.450. The van der Waals surface area contributed by atoms with E-state index in [0.717, 1.165) is 22.9 Å². The topological polar surface area (TPSA) is 72.3 Å². The van der Waals surface area contributed by atoms with Gasteiger partial charge in [-0.1, -0.05) is 6.92 Å². The number of rotatable bonds is 5. The first-order valence-corrected chi connectivity index (χ1v) is 7.04. The van der Waals surface area contributed by atoms with Crippen LogP contribution in [0.5, 0.6) is 0 Å². The number of primary amides is 1. The first-order chi connectivity index (χ1) is 7.52. The lowest BCUT2D eigenvalue weighted by molar-refractivity contribution is 0.100. The van der Waals surface area contributed by atoms with Crippen LogP contribution in [0, 0.1) is 0 Å². The van der Waals surface area contributed by atoms with Crippen molar-refractivity contribution in [2.45, 2.75) is 18.2 Å². The van der Waals surface area contributed by atoms with Gasteiger partial charge in [0.1, 0.15) is 9.88 Å². The highest BCUT2D eigenvalue weighted by molar-refractivity contribution is 7.99. The van der Waals surface area contributed by atoms with Crippen molar-refractivity contribution in [3.63, 3.8) is 0 Å². The molecule has 0 aliphatic carbocycles. The molecule has 0 atom stereocenters. The fourth-order valence-corrected chi connectivity index (χ4v) is 3.53. The van der Waals surface area contributed by atoms with Crippen molar-refractivity contribution < 1.29 is 4.79 Å². The molecule has 4 nitrogen and oxygen atoms in total. The largest absolute Gasteiger partial charge is 0.396 e. The summed E-state index contributed by atoms with van der Waals surface area (Å²) in [5, 5.41) is 1.03. The molecule has 0 fully saturated rings. The quantitative estimate of drug-likeness (QED) is 0.793. The summed E-state index contributed by atoms with van der Waals surface area (Å²) in [6.07, 6.45) is 3.00. The highest BCUT2D eigenvalue weighted by Crippen LogP contribution is 2.43. The molecule has 0 saturated heterocycles. The van der Waals surface area contributed by atoms with Crippen LogP contribution in [0.2, 0.25) is 0 Å². The predicted molar refractivity (Wildman–Crippen MR) is 72.6 cm³/mol. The van der Waals surface area contributed by atoms with E-state index in [9.17, 15) is 4.79 Å². The van der Waals surface area contributed by atoms with Crippen LogP contribution in [0.15, 0.2) is 4.90 Å². The van der Waals surface area contributed by atoms with Gasteiger partial charge in [0.15, 0.2) is 0 Å². The fraction of sp³-hybridized carbons (Fsp3) is 0.500. The summed E-state index contributed by atoms with van der Waals surface area (Å²) in [5.41, 5.74) is 11.7. The van der Waals surface area contributed by atoms with Gasteiger partial charge in [0.25, 0.3) is 5.91 Å². The first-order valence-electron chi connectivity index (χ1n) is 5.00. The number of thioether (sulfide) groups is 1. The van der Waals surface area contributed by atoms with E-state index in [1.54, 1.807) is 11.8 Å². The molecule has 1 heterocycles. The van der Waals surface area contributed by atoms with E-state index in [2.05, 4.69) is 11.8 Å². The van der Waals surface area contributed by atoms with Crippen LogP contribution in [-0.4, -0.2) is 25.8 Å². The normalized spacial score (nSPS) is 10.4. The third-order valence-corrected chi connectivity index (χ3v) is 4.50. The van der Waals surface area contributed by atoms with Gasteiger partial charge in [-0.15, -0.1) is 23.1 Å². The van der Waals surface area contributed by atoms with Crippen molar-refractivity contribution in [1.29, 1.82) is 0 Å². The van der Waals surface area contributed by atoms with Crippen LogP contribution >= 0.6 is 23.1 Å². The number of carbonyl (C=O) groups is 1. The molecule has 16 heavy (non-hydrogen) atoms. The molecular formula is C10H17N3OS2. The minimum atomic E-state index is -0.450. The average molecular weight is 259 g/mol. The second kappa shape index (κ2) is 5.45. The van der Waals surface area contributed by atoms with E-state index < -0.39 is 5.91 Å². The Kier molecular flexibility index (Phi) is 4.49. The highest BCUT2D eigenvalue weighted by atomic mass is 32.2. The van der Waals surface area contributed by atoms with E-state index in [-0.39, 0.29) is 0 Å². The molecule has 0 radical (unpaired) electrons. The monoisotopic (exact) mass is 259 g/mol. The molecule has 1 aromatic heterocycles. The van der Waals surface area contributed by atoms with Crippen molar-refractivity contribution >= 4 is 39.7 Å². The lowest BCUT2D eigenvalue weighted by atomic mass is 10.3. The number of hydrogen-bond donors (Lipinski definition) is 2. The van der Waals surface area contributed by atoms with Crippen molar-refractivity contribution in [3.05, 3.63) is 4.88 Å². The summed E-state index contributed by atoms with van der Waals surface area (Å²) in [4.78, 5) is 14.7. The molecule has 90 valence electrons. The molecule has 6 heteroatoms. The van der Waals surface area contributed by atoms with Gasteiger partial charge >= 0.3 is 0 Å². The molecule has 0 aliphatic rings. The van der Waals surface area contributed by atoms with Crippen molar-refractivity contribution in [2.75, 3.05) is 30.5 Å². The van der Waals surface area contributed by atoms with Gasteiger partial charge < -0.3 is 16.4 Å². The van der Waals surface area contributed by atoms with E-state index in [1.165, 1.54) is 11.3 Å². The second-order valence-electron chi connectivity index (χ2n) is 3.47. The van der Waals surface area contributed by atoms with Gasteiger partial charge in [-0.3, -0.25) is 4.79 Å². The number of hydrogen-bond acceptors (Lipinski definition) is 5. The summed E-state index contributed by atoms with van der Waals surface area (Å²) >= 11 is 2.92. The van der Waals surface area contributed by atoms with Crippen molar-refractivity contribution in [1.82, 2.24) is 0 Å². The number of carbonyl (C=O) groups excluding carboxylic acids is 1. The maximum Gasteiger partial charge on any atom is 0.261 e. The van der Waals surface area contributed by atoms with E-state index in [4.69, 9.17) is 11.5 Å². The molecule has 0 spiro atoms. The SMILES string of the molecule is CCCN(C)c1sc(C(N)=O)c(N)c1SC. The van der Waals surface area contributed by atoms with Gasteiger partial charge in [0.05, 0.1) is 10.6 Å². The molecule has 1 amide bonds. The van der Waals surface area contributed by atoms with Crippen LogP contribution < -0.4 is 16.4 Å². The molecule has 0 aliphatic heterocycles. The summed E-state index contributed by atoms with van der Waals surface area (Å²) in [7, 11) is 2.00. The average Bonchev–Trinajstić information content (AvgIpc) is 2.55. The summed E-state index contributed by atoms with van der Waals surface area (Å²) in [5.74, 6) is -0.450. The number of amides is 1. The lowest BCUT2D eigenvalue weighted by Gasteiger charge is -2.17. The Hall–Kier alpha value is -0.880. The number of thiophene rings is 1. The zero-order valence-electron chi connectivity index (χ0n) is 9.74. The van der Waals surface area contributed by atoms with Gasteiger partial charge in [-0.2, -0.15) is 0 Å². The molecule has 0 unspecified atom stereocenters. The molecule has 0 saturated carbocycles. The third kappa shape index (κ3) is 2.44. The lowest BCUT2D eigenvalue weighted by Crippen LogP contribution is -2.17. The minimum Gasteiger partial charge on any atom is -0.396 e. The number of nitrogens with zero attached hydrogens (tertiary/aromatic N) is 1. The fourth-order valence-electron chi connectivity index (χ4n) is 1.48. The van der Waals surface area contributed by atoms with Crippen LogP contribution in [0.3, 0.4) is 0 Å². The molecule has 1 aromatic rings. The standard InChI is InChI=1S/C10H17N3OS2/c1-4-5-13(2)10-8(15-3)6(11)7(16-10)9(12)14/h4-5,11H2,1-3H3,(H2,12,14). The predicted octanol–water partition coefficient (Wildman–Crippen LogP) is 2.00. The summed E-state index contributed by atoms with van der Waals surface area (Å²) < 4.78 is 0. The van der Waals surface area contributed by atoms with E-state index >= 15 is 0 Å². The maximum absolute atomic E-state index is 11.2. The van der Waals surface area contributed by atoms with Crippen LogP contribution in [0.4, 0.5) is 10.7 Å².